The molecule has 0 aliphatic rings. The average molecular weight is 897 g/mol. The number of hydrogen-bond donors (Lipinski definition) is 1. The Morgan fingerprint density at radius 3 is 1.59 bits per heavy atom. The van der Waals surface area contributed by atoms with Gasteiger partial charge >= 0.3 is 53.6 Å². The highest BCUT2D eigenvalue weighted by Crippen LogP contribution is 2.64. The van der Waals surface area contributed by atoms with Crippen LogP contribution in [0, 0.1) is 5.92 Å². The summed E-state index contributed by atoms with van der Waals surface area (Å²) in [7, 11) is -3.94. The van der Waals surface area contributed by atoms with Gasteiger partial charge in [-0.05, 0) is 67.4 Å². The van der Waals surface area contributed by atoms with Crippen molar-refractivity contribution in [2.24, 2.45) is 5.92 Å². The van der Waals surface area contributed by atoms with Gasteiger partial charge in [-0.3, -0.25) is 0 Å². The summed E-state index contributed by atoms with van der Waals surface area (Å²) in [6.07, 6.45) is -8.67. The van der Waals surface area contributed by atoms with Gasteiger partial charge in [-0.15, -0.1) is 0 Å². The van der Waals surface area contributed by atoms with Gasteiger partial charge in [-0.1, -0.05) is 52.8 Å². The van der Waals surface area contributed by atoms with Crippen LogP contribution in [0.3, 0.4) is 0 Å². The zero-order valence-corrected chi connectivity index (χ0v) is 33.2. The second-order valence-corrected chi connectivity index (χ2v) is 19.3. The first-order valence-corrected chi connectivity index (χ1v) is 19.9. The number of benzene rings is 1. The van der Waals surface area contributed by atoms with Crippen molar-refractivity contribution in [2.75, 3.05) is 19.8 Å². The molecule has 0 unspecified atom stereocenters. The minimum absolute atomic E-state index is 0.186. The zero-order chi connectivity index (χ0) is 45.7. The molecule has 0 aliphatic carbocycles. The van der Waals surface area contributed by atoms with Crippen molar-refractivity contribution < 1.29 is 98.4 Å². The van der Waals surface area contributed by atoms with Crippen molar-refractivity contribution in [3.63, 3.8) is 0 Å². The topological polar surface area (TPSA) is 65.0 Å². The predicted octanol–water partition coefficient (Wildman–Crippen LogP) is 12.2. The van der Waals surface area contributed by atoms with Crippen LogP contribution in [-0.4, -0.2) is 86.8 Å². The number of allylic oxidation sites excluding steroid dienone is 1. The third-order valence-electron chi connectivity index (χ3n) is 9.72. The highest BCUT2D eigenvalue weighted by Gasteiger charge is 2.95. The molecule has 1 N–H and O–H groups in total. The third kappa shape index (κ3) is 10.4. The first-order chi connectivity index (χ1) is 26.0. The molecule has 0 aromatic heterocycles. The van der Waals surface area contributed by atoms with Gasteiger partial charge in [0.2, 0.25) is 0 Å². The number of carbonyl (C=O) groups is 1. The molecule has 1 aromatic rings. The smallest absolute Gasteiger partial charge is 0.460 e. The molecule has 0 saturated heterocycles. The number of rotatable bonds is 23. The van der Waals surface area contributed by atoms with Crippen molar-refractivity contribution in [1.29, 1.82) is 0 Å². The van der Waals surface area contributed by atoms with Gasteiger partial charge in [0, 0.05) is 12.0 Å². The number of halogens is 17. The molecule has 5 nitrogen and oxygen atoms in total. The lowest BCUT2D eigenvalue weighted by Gasteiger charge is -2.44. The highest BCUT2D eigenvalue weighted by molar-refractivity contribution is 6.76. The number of carbonyl (C=O) groups excluding carboxylic acids is 1. The number of ether oxygens (including phenoxy) is 2. The summed E-state index contributed by atoms with van der Waals surface area (Å²) in [5, 5.41) is 10.7. The van der Waals surface area contributed by atoms with Crippen molar-refractivity contribution >= 4 is 14.3 Å². The Morgan fingerprint density at radius 1 is 0.707 bits per heavy atom. The van der Waals surface area contributed by atoms with E-state index in [1.165, 1.54) is 52.0 Å². The molecular formula is C35H45F17O5Si. The molecule has 1 aromatic carbocycles. The number of hydrogen-bond acceptors (Lipinski definition) is 5. The molecule has 0 bridgehead atoms. The first-order valence-electron chi connectivity index (χ1n) is 17.6. The Balaban J connectivity index is 3.14. The van der Waals surface area contributed by atoms with Crippen molar-refractivity contribution in [2.45, 2.75) is 139 Å². The minimum atomic E-state index is -8.68. The average Bonchev–Trinajstić information content (AvgIpc) is 3.09. The van der Waals surface area contributed by atoms with Crippen molar-refractivity contribution in [3.05, 3.63) is 41.5 Å². The van der Waals surface area contributed by atoms with Crippen LogP contribution in [0.1, 0.15) is 79.4 Å². The van der Waals surface area contributed by atoms with E-state index in [1.807, 2.05) is 0 Å². The molecule has 0 aliphatic heterocycles. The number of aliphatic hydroxyl groups is 1. The fourth-order valence-electron chi connectivity index (χ4n) is 5.89. The summed E-state index contributed by atoms with van der Waals surface area (Å²) < 4.78 is 251. The van der Waals surface area contributed by atoms with E-state index in [4.69, 9.17) is 13.9 Å². The second kappa shape index (κ2) is 18.8. The number of alkyl halides is 17. The fraction of sp³-hybridized carbons (Fsp3) is 0.743. The van der Waals surface area contributed by atoms with Gasteiger partial charge in [0.05, 0.1) is 19.3 Å². The van der Waals surface area contributed by atoms with E-state index < -0.39 is 98.2 Å². The molecule has 23 heteroatoms. The molecule has 0 radical (unpaired) electrons. The Kier molecular flexibility index (Phi) is 17.3. The van der Waals surface area contributed by atoms with E-state index in [-0.39, 0.29) is 24.9 Å². The summed E-state index contributed by atoms with van der Waals surface area (Å²) in [6.45, 7) is 9.72. The molecule has 0 amide bonds. The summed E-state index contributed by atoms with van der Waals surface area (Å²) in [5.74, 6) is -57.2. The number of aliphatic hydroxyl groups excluding tert-OH is 1. The normalized spacial score (nSPS) is 15.9. The maximum atomic E-state index is 14.9. The van der Waals surface area contributed by atoms with E-state index >= 15 is 0 Å². The molecule has 0 fully saturated rings. The Labute approximate surface area is 324 Å². The molecule has 338 valence electrons. The van der Waals surface area contributed by atoms with Gasteiger partial charge in [-0.25, -0.2) is 4.79 Å². The van der Waals surface area contributed by atoms with E-state index in [9.17, 15) is 84.5 Å². The largest absolute Gasteiger partial charge is 0.491 e. The van der Waals surface area contributed by atoms with Gasteiger partial charge < -0.3 is 19.0 Å². The van der Waals surface area contributed by atoms with Crippen LogP contribution in [0.4, 0.5) is 74.6 Å². The predicted molar refractivity (Wildman–Crippen MR) is 178 cm³/mol. The van der Waals surface area contributed by atoms with E-state index in [1.54, 1.807) is 26.8 Å². The molecule has 58 heavy (non-hydrogen) atoms. The lowest BCUT2D eigenvalue weighted by Crippen LogP contribution is -2.74. The Hall–Kier alpha value is -2.82. The van der Waals surface area contributed by atoms with Crippen molar-refractivity contribution in [3.8, 4) is 5.75 Å². The Morgan fingerprint density at radius 2 is 1.16 bits per heavy atom. The molecule has 2 atom stereocenters. The SMILES string of the molecule is CCOC(=O)/C(C)=C/CC[C@@H](C)[C@H](O)c1ccc(OCCO[Si](CCC(F)(F)C(F)(F)C(F)(F)C(F)(F)C(F)(F)C(F)(F)C(F)(F)C(F)(F)F)(C(C)C)C(C)C)cc1. The van der Waals surface area contributed by atoms with Crippen LogP contribution >= 0.6 is 0 Å². The lowest BCUT2D eigenvalue weighted by atomic mass is 9.88. The van der Waals surface area contributed by atoms with Gasteiger partial charge in [0.25, 0.3) is 0 Å². The fourth-order valence-corrected chi connectivity index (χ4v) is 10.4. The van der Waals surface area contributed by atoms with Gasteiger partial charge in [0.1, 0.15) is 12.4 Å². The van der Waals surface area contributed by atoms with Crippen molar-refractivity contribution in [1.82, 2.24) is 0 Å². The molecule has 0 saturated carbocycles. The summed E-state index contributed by atoms with van der Waals surface area (Å²) in [5.41, 5.74) is -0.810. The third-order valence-corrected chi connectivity index (χ3v) is 15.4. The number of esters is 1. The van der Waals surface area contributed by atoms with E-state index in [2.05, 4.69) is 0 Å². The maximum Gasteiger partial charge on any atom is 0.460 e. The van der Waals surface area contributed by atoms with E-state index in [0.29, 0.717) is 24.0 Å². The quantitative estimate of drug-likeness (QED) is 0.0390. The summed E-state index contributed by atoms with van der Waals surface area (Å²) >= 11 is 0. The van der Waals surface area contributed by atoms with Crippen LogP contribution in [0.15, 0.2) is 35.9 Å². The molecular weight excluding hydrogens is 851 g/mol. The minimum Gasteiger partial charge on any atom is -0.491 e. The van der Waals surface area contributed by atoms with Crippen LogP contribution in [0.2, 0.25) is 17.1 Å². The maximum absolute atomic E-state index is 14.9. The summed E-state index contributed by atoms with van der Waals surface area (Å²) in [4.78, 5) is 11.7. The summed E-state index contributed by atoms with van der Waals surface area (Å²) in [6, 6.07) is 4.60. The molecule has 1 rings (SSSR count). The van der Waals surface area contributed by atoms with Crippen LogP contribution in [0.25, 0.3) is 0 Å². The molecule has 0 heterocycles. The monoisotopic (exact) mass is 896 g/mol. The van der Waals surface area contributed by atoms with Crippen LogP contribution in [-0.2, 0) is 14.0 Å². The van der Waals surface area contributed by atoms with Crippen LogP contribution < -0.4 is 4.74 Å². The zero-order valence-electron chi connectivity index (χ0n) is 32.2. The van der Waals surface area contributed by atoms with Gasteiger partial charge in [0.15, 0.2) is 8.32 Å². The first kappa shape index (κ1) is 53.2. The van der Waals surface area contributed by atoms with Gasteiger partial charge in [-0.2, -0.15) is 74.6 Å². The second-order valence-electron chi connectivity index (χ2n) is 14.3. The molecule has 0 spiro atoms. The lowest BCUT2D eigenvalue weighted by molar-refractivity contribution is -0.461. The van der Waals surface area contributed by atoms with E-state index in [0.717, 1.165) is 0 Å². The highest BCUT2D eigenvalue weighted by atomic mass is 28.4. The van der Waals surface area contributed by atoms with Crippen LogP contribution in [0.5, 0.6) is 5.75 Å². The Bertz CT molecular complexity index is 1500. The standard InChI is InChI=1S/C35H45F17O5Si/c1-8-55-27(54)23(7)11-9-10-22(6)26(53)24-12-14-25(15-13-24)56-17-18-57-58(20(2)3,21(4)5)19-16-28(36,37)29(38,39)30(40,41)31(42,43)32(44,45)33(46,47)34(48,49)35(50,51)52/h11-15,20-22,26,53H,8-10,16-19H2,1-7H3/b23-11+/t22-,26+/m1/s1.